The Bertz CT molecular complexity index is 1560. The number of ketones is 1. The Labute approximate surface area is 236 Å². The van der Waals surface area contributed by atoms with E-state index in [4.69, 9.17) is 14.2 Å². The SMILES string of the molecule is CCCOc1ccc(C2C(=C(O)c3ccc(OCC)cc3)C(=O)C(=O)N2c2nc3ccc(OCC)cc3s2)cc1. The molecule has 8 nitrogen and oxygen atoms in total. The van der Waals surface area contributed by atoms with Crippen LogP contribution in [-0.2, 0) is 9.59 Å². The van der Waals surface area contributed by atoms with Crippen LogP contribution in [0.5, 0.6) is 17.2 Å². The number of carbonyl (C=O) groups excluding carboxylic acids is 2. The number of carbonyl (C=O) groups is 2. The number of ether oxygens (including phenoxy) is 3. The van der Waals surface area contributed by atoms with Crippen molar-refractivity contribution in [3.63, 3.8) is 0 Å². The summed E-state index contributed by atoms with van der Waals surface area (Å²) >= 11 is 1.29. The second-order valence-electron chi connectivity index (χ2n) is 9.10. The zero-order valence-electron chi connectivity index (χ0n) is 22.5. The summed E-state index contributed by atoms with van der Waals surface area (Å²) in [4.78, 5) is 33.1. The number of aromatic nitrogens is 1. The molecular weight excluding hydrogens is 528 g/mol. The topological polar surface area (TPSA) is 98.2 Å². The number of rotatable bonds is 10. The number of nitrogens with zero attached hydrogens (tertiary/aromatic N) is 2. The summed E-state index contributed by atoms with van der Waals surface area (Å²) in [5.74, 6) is 0.212. The molecule has 1 N–H and O–H groups in total. The van der Waals surface area contributed by atoms with Crippen LogP contribution in [0.3, 0.4) is 0 Å². The molecule has 1 unspecified atom stereocenters. The van der Waals surface area contributed by atoms with Crippen LogP contribution < -0.4 is 19.1 Å². The fourth-order valence-electron chi connectivity index (χ4n) is 4.59. The van der Waals surface area contributed by atoms with Crippen molar-refractivity contribution in [3.8, 4) is 17.2 Å². The van der Waals surface area contributed by atoms with Gasteiger partial charge in [0, 0.05) is 5.56 Å². The van der Waals surface area contributed by atoms with Crippen LogP contribution >= 0.6 is 11.3 Å². The molecule has 0 saturated carbocycles. The summed E-state index contributed by atoms with van der Waals surface area (Å²) in [6.45, 7) is 7.42. The van der Waals surface area contributed by atoms with Gasteiger partial charge in [-0.15, -0.1) is 0 Å². The number of fused-ring (bicyclic) bond motifs is 1. The fraction of sp³-hybridized carbons (Fsp3) is 0.258. The third-order valence-electron chi connectivity index (χ3n) is 6.42. The maximum atomic E-state index is 13.6. The predicted molar refractivity (Wildman–Crippen MR) is 155 cm³/mol. The van der Waals surface area contributed by atoms with E-state index in [-0.39, 0.29) is 11.3 Å². The van der Waals surface area contributed by atoms with Gasteiger partial charge < -0.3 is 19.3 Å². The van der Waals surface area contributed by atoms with Crippen molar-refractivity contribution in [1.82, 2.24) is 4.98 Å². The molecule has 9 heteroatoms. The molecule has 0 bridgehead atoms. The number of hydrogen-bond donors (Lipinski definition) is 1. The van der Waals surface area contributed by atoms with Crippen molar-refractivity contribution < 1.29 is 28.9 Å². The maximum absolute atomic E-state index is 13.6. The number of hydrogen-bond acceptors (Lipinski definition) is 8. The van der Waals surface area contributed by atoms with E-state index >= 15 is 0 Å². The molecule has 1 atom stereocenters. The minimum absolute atomic E-state index is 0.00866. The number of Topliss-reactive ketones (excluding diaryl/α,β-unsaturated/α-hetero) is 1. The van der Waals surface area contributed by atoms with Crippen molar-refractivity contribution in [2.45, 2.75) is 33.2 Å². The maximum Gasteiger partial charge on any atom is 0.301 e. The van der Waals surface area contributed by atoms with Gasteiger partial charge >= 0.3 is 5.91 Å². The second-order valence-corrected chi connectivity index (χ2v) is 10.1. The molecule has 1 saturated heterocycles. The lowest BCUT2D eigenvalue weighted by atomic mass is 9.95. The number of anilines is 1. The summed E-state index contributed by atoms with van der Waals surface area (Å²) in [6, 6.07) is 18.6. The fourth-order valence-corrected chi connectivity index (χ4v) is 5.62. The summed E-state index contributed by atoms with van der Waals surface area (Å²) in [7, 11) is 0. The molecule has 2 heterocycles. The van der Waals surface area contributed by atoms with Crippen molar-refractivity contribution in [3.05, 3.63) is 83.4 Å². The molecule has 0 radical (unpaired) electrons. The van der Waals surface area contributed by atoms with E-state index in [0.717, 1.165) is 11.1 Å². The van der Waals surface area contributed by atoms with Crippen LogP contribution in [-0.4, -0.2) is 41.6 Å². The summed E-state index contributed by atoms with van der Waals surface area (Å²) in [5, 5.41) is 11.8. The zero-order valence-corrected chi connectivity index (χ0v) is 23.4. The first-order valence-electron chi connectivity index (χ1n) is 13.3. The summed E-state index contributed by atoms with van der Waals surface area (Å²) < 4.78 is 17.7. The van der Waals surface area contributed by atoms with Gasteiger partial charge in [0.1, 0.15) is 23.0 Å². The van der Waals surface area contributed by atoms with Gasteiger partial charge in [-0.2, -0.15) is 0 Å². The quantitative estimate of drug-likeness (QED) is 0.135. The molecule has 0 spiro atoms. The number of amides is 1. The number of benzene rings is 3. The standard InChI is InChI=1S/C31H30N2O6S/c1-4-17-39-22-11-7-19(8-12-22)27-26(28(34)20-9-13-21(14-10-20)37-5-2)29(35)30(36)33(27)31-32-24-16-15-23(38-6-3)18-25(24)40-31/h7-16,18,27,34H,4-6,17H2,1-3H3. The van der Waals surface area contributed by atoms with Gasteiger partial charge in [-0.05, 0) is 80.4 Å². The first-order valence-corrected chi connectivity index (χ1v) is 14.1. The highest BCUT2D eigenvalue weighted by Gasteiger charge is 2.48. The molecule has 1 amide bonds. The van der Waals surface area contributed by atoms with Crippen LogP contribution in [0, 0.1) is 0 Å². The first kappa shape index (κ1) is 27.2. The third kappa shape index (κ3) is 5.24. The Morgan fingerprint density at radius 2 is 1.50 bits per heavy atom. The van der Waals surface area contributed by atoms with Gasteiger partial charge in [0.15, 0.2) is 5.13 Å². The highest BCUT2D eigenvalue weighted by atomic mass is 32.1. The van der Waals surface area contributed by atoms with Gasteiger partial charge in [0.2, 0.25) is 0 Å². The Balaban J connectivity index is 1.63. The summed E-state index contributed by atoms with van der Waals surface area (Å²) in [5.41, 5.74) is 1.72. The van der Waals surface area contributed by atoms with Gasteiger partial charge in [0.05, 0.1) is 41.7 Å². The minimum atomic E-state index is -0.890. The molecule has 3 aromatic carbocycles. The zero-order chi connectivity index (χ0) is 28.2. The molecule has 206 valence electrons. The lowest BCUT2D eigenvalue weighted by Gasteiger charge is -2.23. The van der Waals surface area contributed by atoms with Gasteiger partial charge in [0.25, 0.3) is 5.78 Å². The largest absolute Gasteiger partial charge is 0.507 e. The van der Waals surface area contributed by atoms with Crippen LogP contribution in [0.1, 0.15) is 44.4 Å². The molecule has 40 heavy (non-hydrogen) atoms. The highest BCUT2D eigenvalue weighted by Crippen LogP contribution is 2.45. The molecule has 4 aromatic rings. The Morgan fingerprint density at radius 3 is 2.17 bits per heavy atom. The smallest absolute Gasteiger partial charge is 0.301 e. The van der Waals surface area contributed by atoms with Gasteiger partial charge in [-0.1, -0.05) is 30.4 Å². The molecule has 1 aliphatic rings. The van der Waals surface area contributed by atoms with Crippen molar-refractivity contribution in [2.75, 3.05) is 24.7 Å². The normalized spacial score (nSPS) is 16.5. The van der Waals surface area contributed by atoms with Crippen molar-refractivity contribution >= 4 is 44.1 Å². The monoisotopic (exact) mass is 558 g/mol. The molecule has 0 aliphatic carbocycles. The van der Waals surface area contributed by atoms with E-state index in [1.165, 1.54) is 16.2 Å². The summed E-state index contributed by atoms with van der Waals surface area (Å²) in [6.07, 6.45) is 0.868. The van der Waals surface area contributed by atoms with E-state index in [2.05, 4.69) is 4.98 Å². The van der Waals surface area contributed by atoms with E-state index in [1.54, 1.807) is 48.5 Å². The average Bonchev–Trinajstić information content (AvgIpc) is 3.50. The van der Waals surface area contributed by atoms with E-state index in [9.17, 15) is 14.7 Å². The third-order valence-corrected chi connectivity index (χ3v) is 7.44. The van der Waals surface area contributed by atoms with Crippen LogP contribution in [0.2, 0.25) is 0 Å². The predicted octanol–water partition coefficient (Wildman–Crippen LogP) is 6.51. The van der Waals surface area contributed by atoms with Crippen LogP contribution in [0.25, 0.3) is 16.0 Å². The van der Waals surface area contributed by atoms with E-state index in [0.29, 0.717) is 58.8 Å². The average molecular weight is 559 g/mol. The second kappa shape index (κ2) is 11.8. The highest BCUT2D eigenvalue weighted by molar-refractivity contribution is 7.22. The number of aliphatic hydroxyl groups is 1. The first-order chi connectivity index (χ1) is 19.4. The molecule has 1 fully saturated rings. The van der Waals surface area contributed by atoms with E-state index in [1.807, 2.05) is 39.0 Å². The lowest BCUT2D eigenvalue weighted by Crippen LogP contribution is -2.29. The molecule has 5 rings (SSSR count). The van der Waals surface area contributed by atoms with Crippen LogP contribution in [0.15, 0.2) is 72.3 Å². The molecule has 1 aromatic heterocycles. The van der Waals surface area contributed by atoms with Gasteiger partial charge in [-0.3, -0.25) is 14.5 Å². The Hall–Kier alpha value is -4.37. The molecular formula is C31H30N2O6S. The minimum Gasteiger partial charge on any atom is -0.507 e. The van der Waals surface area contributed by atoms with E-state index < -0.39 is 17.7 Å². The lowest BCUT2D eigenvalue weighted by molar-refractivity contribution is -0.132. The van der Waals surface area contributed by atoms with Crippen molar-refractivity contribution in [2.24, 2.45) is 0 Å². The number of aliphatic hydroxyl groups excluding tert-OH is 1. The van der Waals surface area contributed by atoms with Crippen LogP contribution in [0.4, 0.5) is 5.13 Å². The van der Waals surface area contributed by atoms with Gasteiger partial charge in [-0.25, -0.2) is 4.98 Å². The van der Waals surface area contributed by atoms with Crippen molar-refractivity contribution in [1.29, 1.82) is 0 Å². The Morgan fingerprint density at radius 1 is 0.875 bits per heavy atom. The number of thiazole rings is 1. The molecule has 1 aliphatic heterocycles. The Kier molecular flexibility index (Phi) is 8.02.